The Labute approximate surface area is 236 Å². The molecule has 1 N–H and O–H groups in total. The highest BCUT2D eigenvalue weighted by Gasteiger charge is 2.25. The van der Waals surface area contributed by atoms with E-state index in [0.717, 1.165) is 55.6 Å². The van der Waals surface area contributed by atoms with Crippen molar-refractivity contribution >= 4 is 21.9 Å². The van der Waals surface area contributed by atoms with Crippen molar-refractivity contribution in [3.8, 4) is 39.4 Å². The Balaban J connectivity index is 1.60. The number of benzene rings is 4. The zero-order chi connectivity index (χ0) is 28.2. The number of fused-ring (bicyclic) bond motifs is 2. The molecular formula is C36H35N3O. The molecule has 0 amide bonds. The van der Waals surface area contributed by atoms with Crippen LogP contribution >= 0.6 is 0 Å². The molecule has 0 saturated carbocycles. The van der Waals surface area contributed by atoms with Crippen LogP contribution in [0.2, 0.25) is 0 Å². The standard InChI is InChI=1S/C36H35N3O/c1-35(2,3)26-21-24-14-11-19-37-32(24)29(22-26)23-12-9-13-25(20-23)34-38-33-28(27-15-7-8-18-31(27)40)16-10-17-30(33)39(34)36(4,5)6/h7-22,40H,1-6H3. The average Bonchev–Trinajstić information content (AvgIpc) is 3.33. The predicted molar refractivity (Wildman–Crippen MR) is 167 cm³/mol. The lowest BCUT2D eigenvalue weighted by Crippen LogP contribution is -2.22. The maximum Gasteiger partial charge on any atom is 0.141 e. The number of hydrogen-bond acceptors (Lipinski definition) is 3. The Morgan fingerprint density at radius 1 is 0.650 bits per heavy atom. The third-order valence-corrected chi connectivity index (χ3v) is 7.55. The van der Waals surface area contributed by atoms with Gasteiger partial charge >= 0.3 is 0 Å². The molecule has 0 atom stereocenters. The van der Waals surface area contributed by atoms with Crippen molar-refractivity contribution in [2.45, 2.75) is 52.5 Å². The van der Waals surface area contributed by atoms with E-state index < -0.39 is 0 Å². The Bertz CT molecular complexity index is 1880. The molecule has 0 unspecified atom stereocenters. The topological polar surface area (TPSA) is 50.9 Å². The monoisotopic (exact) mass is 525 g/mol. The fourth-order valence-electron chi connectivity index (χ4n) is 5.56. The SMILES string of the molecule is CC(C)(C)c1cc(-c2cccc(-c3nc4c(-c5ccccc5O)cccc4n3C(C)(C)C)c2)c2ncccc2c1. The minimum Gasteiger partial charge on any atom is -0.507 e. The Morgan fingerprint density at radius 2 is 1.38 bits per heavy atom. The van der Waals surface area contributed by atoms with Crippen LogP contribution in [-0.2, 0) is 11.0 Å². The second kappa shape index (κ2) is 9.34. The van der Waals surface area contributed by atoms with Crippen LogP contribution in [0.5, 0.6) is 5.75 Å². The Kier molecular flexibility index (Phi) is 6.03. The average molecular weight is 526 g/mol. The lowest BCUT2D eigenvalue weighted by Gasteiger charge is -2.25. The summed E-state index contributed by atoms with van der Waals surface area (Å²) in [5.74, 6) is 1.15. The fourth-order valence-corrected chi connectivity index (χ4v) is 5.56. The molecule has 4 heteroatoms. The molecule has 200 valence electrons. The smallest absolute Gasteiger partial charge is 0.141 e. The molecule has 0 radical (unpaired) electrons. The molecular weight excluding hydrogens is 490 g/mol. The molecule has 0 aliphatic carbocycles. The summed E-state index contributed by atoms with van der Waals surface area (Å²) in [6, 6.07) is 31.0. The third kappa shape index (κ3) is 4.44. The van der Waals surface area contributed by atoms with E-state index in [-0.39, 0.29) is 16.7 Å². The fraction of sp³-hybridized carbons (Fsp3) is 0.222. The lowest BCUT2D eigenvalue weighted by molar-refractivity contribution is 0.413. The third-order valence-electron chi connectivity index (χ3n) is 7.55. The van der Waals surface area contributed by atoms with Crippen LogP contribution < -0.4 is 0 Å². The highest BCUT2D eigenvalue weighted by Crippen LogP contribution is 2.40. The largest absolute Gasteiger partial charge is 0.507 e. The first-order chi connectivity index (χ1) is 19.0. The highest BCUT2D eigenvalue weighted by molar-refractivity contribution is 5.97. The first-order valence-electron chi connectivity index (χ1n) is 13.8. The van der Waals surface area contributed by atoms with Gasteiger partial charge in [0.25, 0.3) is 0 Å². The molecule has 0 aliphatic heterocycles. The van der Waals surface area contributed by atoms with E-state index in [1.807, 2.05) is 42.6 Å². The minimum absolute atomic E-state index is 0.00993. The second-order valence-corrected chi connectivity index (χ2v) is 12.6. The summed E-state index contributed by atoms with van der Waals surface area (Å²) >= 11 is 0. The van der Waals surface area contributed by atoms with Crippen molar-refractivity contribution in [2.75, 3.05) is 0 Å². The summed E-state index contributed by atoms with van der Waals surface area (Å²) < 4.78 is 2.31. The van der Waals surface area contributed by atoms with E-state index in [0.29, 0.717) is 0 Å². The van der Waals surface area contributed by atoms with Crippen LogP contribution in [0, 0.1) is 0 Å². The van der Waals surface area contributed by atoms with Gasteiger partial charge < -0.3 is 9.67 Å². The highest BCUT2D eigenvalue weighted by atomic mass is 16.3. The minimum atomic E-state index is -0.224. The number of aromatic hydroxyl groups is 1. The molecule has 40 heavy (non-hydrogen) atoms. The van der Waals surface area contributed by atoms with Crippen molar-refractivity contribution in [2.24, 2.45) is 0 Å². The quantitative estimate of drug-likeness (QED) is 0.250. The van der Waals surface area contributed by atoms with Gasteiger partial charge in [-0.2, -0.15) is 0 Å². The van der Waals surface area contributed by atoms with Crippen LogP contribution in [0.1, 0.15) is 47.1 Å². The number of pyridine rings is 1. The molecule has 0 spiro atoms. The van der Waals surface area contributed by atoms with Gasteiger partial charge in [-0.25, -0.2) is 4.98 Å². The van der Waals surface area contributed by atoms with E-state index in [1.165, 1.54) is 5.56 Å². The van der Waals surface area contributed by atoms with Gasteiger partial charge in [-0.3, -0.25) is 4.98 Å². The van der Waals surface area contributed by atoms with E-state index in [4.69, 9.17) is 9.97 Å². The van der Waals surface area contributed by atoms with Crippen molar-refractivity contribution in [3.05, 3.63) is 103 Å². The van der Waals surface area contributed by atoms with Gasteiger partial charge in [-0.15, -0.1) is 0 Å². The summed E-state index contributed by atoms with van der Waals surface area (Å²) in [5, 5.41) is 11.8. The predicted octanol–water partition coefficient (Wildman–Crippen LogP) is 9.34. The second-order valence-electron chi connectivity index (χ2n) is 12.6. The number of phenols is 1. The van der Waals surface area contributed by atoms with E-state index >= 15 is 0 Å². The van der Waals surface area contributed by atoms with Gasteiger partial charge in [0.2, 0.25) is 0 Å². The van der Waals surface area contributed by atoms with Crippen molar-refractivity contribution in [3.63, 3.8) is 0 Å². The summed E-state index contributed by atoms with van der Waals surface area (Å²) in [5.41, 5.74) is 8.95. The summed E-state index contributed by atoms with van der Waals surface area (Å²) in [4.78, 5) is 10.0. The molecule has 0 saturated heterocycles. The number of para-hydroxylation sites is 2. The normalized spacial score (nSPS) is 12.3. The van der Waals surface area contributed by atoms with Gasteiger partial charge in [-0.05, 0) is 73.7 Å². The Morgan fingerprint density at radius 3 is 2.12 bits per heavy atom. The number of hydrogen-bond donors (Lipinski definition) is 1. The lowest BCUT2D eigenvalue weighted by atomic mass is 9.84. The zero-order valence-electron chi connectivity index (χ0n) is 24.0. The molecule has 0 fully saturated rings. The number of aromatic nitrogens is 3. The summed E-state index contributed by atoms with van der Waals surface area (Å²) in [6.45, 7) is 13.4. The van der Waals surface area contributed by atoms with Crippen molar-refractivity contribution in [1.82, 2.24) is 14.5 Å². The molecule has 0 aliphatic rings. The number of nitrogens with zero attached hydrogens (tertiary/aromatic N) is 3. The molecule has 6 aromatic rings. The van der Waals surface area contributed by atoms with E-state index in [2.05, 4.69) is 94.6 Å². The maximum atomic E-state index is 10.7. The number of rotatable bonds is 3. The van der Waals surface area contributed by atoms with E-state index in [1.54, 1.807) is 6.07 Å². The van der Waals surface area contributed by atoms with Gasteiger partial charge in [0, 0.05) is 39.4 Å². The van der Waals surface area contributed by atoms with Gasteiger partial charge in [0.05, 0.1) is 16.6 Å². The van der Waals surface area contributed by atoms with Crippen molar-refractivity contribution < 1.29 is 5.11 Å². The molecule has 2 heterocycles. The summed E-state index contributed by atoms with van der Waals surface area (Å²) in [7, 11) is 0. The zero-order valence-corrected chi connectivity index (χ0v) is 24.0. The maximum absolute atomic E-state index is 10.7. The van der Waals surface area contributed by atoms with E-state index in [9.17, 15) is 5.11 Å². The van der Waals surface area contributed by atoms with Crippen LogP contribution in [0.15, 0.2) is 97.2 Å². The first kappa shape index (κ1) is 25.8. The van der Waals surface area contributed by atoms with Crippen LogP contribution in [0.3, 0.4) is 0 Å². The number of phenolic OH excluding ortho intramolecular Hbond substituents is 1. The summed E-state index contributed by atoms with van der Waals surface area (Å²) in [6.07, 6.45) is 1.87. The Hall–Kier alpha value is -4.44. The first-order valence-corrected chi connectivity index (χ1v) is 13.8. The van der Waals surface area contributed by atoms with Crippen molar-refractivity contribution in [1.29, 1.82) is 0 Å². The molecule has 4 nitrogen and oxygen atoms in total. The van der Waals surface area contributed by atoms with Crippen LogP contribution in [-0.4, -0.2) is 19.6 Å². The van der Waals surface area contributed by atoms with Gasteiger partial charge in [-0.1, -0.05) is 75.4 Å². The van der Waals surface area contributed by atoms with Gasteiger partial charge in [0.15, 0.2) is 0 Å². The van der Waals surface area contributed by atoms with Crippen LogP contribution in [0.25, 0.3) is 55.6 Å². The number of imidazole rings is 1. The molecule has 2 aromatic heterocycles. The molecule has 0 bridgehead atoms. The van der Waals surface area contributed by atoms with Crippen LogP contribution in [0.4, 0.5) is 0 Å². The molecule has 6 rings (SSSR count). The van der Waals surface area contributed by atoms with Gasteiger partial charge in [0.1, 0.15) is 11.6 Å². The molecule has 4 aromatic carbocycles.